The van der Waals surface area contributed by atoms with Crippen LogP contribution in [0.2, 0.25) is 0 Å². The monoisotopic (exact) mass is 363 g/mol. The minimum atomic E-state index is -0.911. The molecular formula is C16H17N3O5S. The Hall–Kier alpha value is -2.94. The molecule has 9 heteroatoms. The first-order valence-electron chi connectivity index (χ1n) is 7.40. The van der Waals surface area contributed by atoms with Gasteiger partial charge in [0.25, 0.3) is 11.8 Å². The molecule has 1 aromatic carbocycles. The molecule has 2 aromatic rings. The van der Waals surface area contributed by atoms with Gasteiger partial charge in [0.1, 0.15) is 11.4 Å². The van der Waals surface area contributed by atoms with Gasteiger partial charge in [-0.05, 0) is 30.7 Å². The highest BCUT2D eigenvalue weighted by molar-refractivity contribution is 7.14. The maximum Gasteiger partial charge on any atom is 0.303 e. The number of carbonyl (C=O) groups excluding carboxylic acids is 2. The number of thiazole rings is 1. The van der Waals surface area contributed by atoms with Crippen LogP contribution >= 0.6 is 11.3 Å². The summed E-state index contributed by atoms with van der Waals surface area (Å²) in [5, 5.41) is 15.6. The molecule has 132 valence electrons. The van der Waals surface area contributed by atoms with Crippen LogP contribution in [-0.2, 0) is 4.79 Å². The van der Waals surface area contributed by atoms with Crippen LogP contribution < -0.4 is 15.4 Å². The van der Waals surface area contributed by atoms with Crippen molar-refractivity contribution in [3.63, 3.8) is 0 Å². The zero-order valence-electron chi connectivity index (χ0n) is 13.4. The maximum absolute atomic E-state index is 12.1. The smallest absolute Gasteiger partial charge is 0.303 e. The largest absolute Gasteiger partial charge is 0.497 e. The molecule has 0 fully saturated rings. The molecule has 25 heavy (non-hydrogen) atoms. The molecule has 0 aliphatic heterocycles. The van der Waals surface area contributed by atoms with Crippen LogP contribution in [0.15, 0.2) is 29.6 Å². The molecule has 0 atom stereocenters. The van der Waals surface area contributed by atoms with Gasteiger partial charge in [-0.2, -0.15) is 0 Å². The summed E-state index contributed by atoms with van der Waals surface area (Å²) in [4.78, 5) is 38.5. The molecule has 0 spiro atoms. The molecule has 1 aromatic heterocycles. The van der Waals surface area contributed by atoms with Crippen LogP contribution in [0.1, 0.15) is 33.7 Å². The average molecular weight is 363 g/mol. The standard InChI is InChI=1S/C16H17N3O5S/c1-24-11-6-4-10(5-7-11)14(22)19-16-18-12(9-25-16)15(23)17-8-2-3-13(20)21/h4-7,9H,2-3,8H2,1H3,(H,17,23)(H,20,21)(H,18,19,22). The molecule has 0 bridgehead atoms. The lowest BCUT2D eigenvalue weighted by molar-refractivity contribution is -0.137. The van der Waals surface area contributed by atoms with E-state index in [0.717, 1.165) is 11.3 Å². The van der Waals surface area contributed by atoms with Crippen molar-refractivity contribution in [3.8, 4) is 5.75 Å². The summed E-state index contributed by atoms with van der Waals surface area (Å²) in [5.74, 6) is -1.02. The Kier molecular flexibility index (Phi) is 6.47. The second kappa shape index (κ2) is 8.78. The molecule has 0 saturated heterocycles. The van der Waals surface area contributed by atoms with Gasteiger partial charge in [-0.15, -0.1) is 11.3 Å². The predicted molar refractivity (Wildman–Crippen MR) is 92.3 cm³/mol. The zero-order valence-corrected chi connectivity index (χ0v) is 14.3. The number of amides is 2. The molecule has 3 N–H and O–H groups in total. The minimum absolute atomic E-state index is 0.0134. The zero-order chi connectivity index (χ0) is 18.2. The lowest BCUT2D eigenvalue weighted by atomic mass is 10.2. The molecule has 0 aliphatic carbocycles. The molecule has 0 aliphatic rings. The summed E-state index contributed by atoms with van der Waals surface area (Å²) < 4.78 is 5.03. The number of carbonyl (C=O) groups is 3. The number of nitrogens with one attached hydrogen (secondary N) is 2. The summed E-state index contributed by atoms with van der Waals surface area (Å²) >= 11 is 1.13. The summed E-state index contributed by atoms with van der Waals surface area (Å²) in [6.45, 7) is 0.246. The van der Waals surface area contributed by atoms with Crippen molar-refractivity contribution in [3.05, 3.63) is 40.9 Å². The molecule has 8 nitrogen and oxygen atoms in total. The number of hydrogen-bond acceptors (Lipinski definition) is 6. The number of methoxy groups -OCH3 is 1. The molecule has 0 unspecified atom stereocenters. The predicted octanol–water partition coefficient (Wildman–Crippen LogP) is 2.00. The van der Waals surface area contributed by atoms with Crippen molar-refractivity contribution in [1.29, 1.82) is 0 Å². The Bertz CT molecular complexity index is 757. The first-order chi connectivity index (χ1) is 12.0. The molecule has 0 saturated carbocycles. The highest BCUT2D eigenvalue weighted by atomic mass is 32.1. The van der Waals surface area contributed by atoms with Crippen molar-refractivity contribution < 1.29 is 24.2 Å². The van der Waals surface area contributed by atoms with Crippen molar-refractivity contribution in [1.82, 2.24) is 10.3 Å². The molecule has 2 rings (SSSR count). The second-order valence-corrected chi connectivity index (χ2v) is 5.83. The Morgan fingerprint density at radius 2 is 1.92 bits per heavy atom. The third-order valence-corrected chi connectivity index (χ3v) is 3.92. The molecular weight excluding hydrogens is 346 g/mol. The lowest BCUT2D eigenvalue weighted by Crippen LogP contribution is -2.25. The van der Waals surface area contributed by atoms with Gasteiger partial charge < -0.3 is 15.2 Å². The first kappa shape index (κ1) is 18.4. The fourth-order valence-electron chi connectivity index (χ4n) is 1.88. The van der Waals surface area contributed by atoms with Crippen molar-refractivity contribution >= 4 is 34.3 Å². The normalized spacial score (nSPS) is 10.1. The summed E-state index contributed by atoms with van der Waals surface area (Å²) in [5.41, 5.74) is 0.612. The summed E-state index contributed by atoms with van der Waals surface area (Å²) in [6, 6.07) is 6.59. The topological polar surface area (TPSA) is 118 Å². The number of ether oxygens (including phenoxy) is 1. The number of aromatic nitrogens is 1. The quantitative estimate of drug-likeness (QED) is 0.618. The van der Waals surface area contributed by atoms with Crippen LogP contribution in [0, 0.1) is 0 Å². The average Bonchev–Trinajstić information content (AvgIpc) is 3.07. The third kappa shape index (κ3) is 5.57. The summed E-state index contributed by atoms with van der Waals surface area (Å²) in [7, 11) is 1.54. The van der Waals surface area contributed by atoms with Gasteiger partial charge in [-0.3, -0.25) is 19.7 Å². The number of hydrogen-bond donors (Lipinski definition) is 3. The van der Waals surface area contributed by atoms with E-state index in [-0.39, 0.29) is 24.6 Å². The fourth-order valence-corrected chi connectivity index (χ4v) is 2.56. The van der Waals surface area contributed by atoms with E-state index < -0.39 is 11.9 Å². The van der Waals surface area contributed by atoms with Gasteiger partial charge in [0.2, 0.25) is 0 Å². The molecule has 1 heterocycles. The number of carboxylic acid groups (broad SMARTS) is 1. The van der Waals surface area contributed by atoms with Crippen LogP contribution in [0.25, 0.3) is 0 Å². The first-order valence-corrected chi connectivity index (χ1v) is 8.28. The van der Waals surface area contributed by atoms with E-state index in [1.807, 2.05) is 0 Å². The van der Waals surface area contributed by atoms with E-state index in [0.29, 0.717) is 22.9 Å². The van der Waals surface area contributed by atoms with Gasteiger partial charge in [0, 0.05) is 23.9 Å². The Morgan fingerprint density at radius 1 is 1.20 bits per heavy atom. The third-order valence-electron chi connectivity index (χ3n) is 3.16. The van der Waals surface area contributed by atoms with Crippen molar-refractivity contribution in [2.24, 2.45) is 0 Å². The van der Waals surface area contributed by atoms with Crippen molar-refractivity contribution in [2.45, 2.75) is 12.8 Å². The van der Waals surface area contributed by atoms with Crippen LogP contribution in [0.3, 0.4) is 0 Å². The van der Waals surface area contributed by atoms with E-state index in [1.165, 1.54) is 5.38 Å². The van der Waals surface area contributed by atoms with E-state index in [2.05, 4.69) is 15.6 Å². The van der Waals surface area contributed by atoms with Gasteiger partial charge in [-0.25, -0.2) is 4.98 Å². The Morgan fingerprint density at radius 3 is 2.56 bits per heavy atom. The fraction of sp³-hybridized carbons (Fsp3) is 0.250. The number of aliphatic carboxylic acids is 1. The van der Waals surface area contributed by atoms with E-state index in [4.69, 9.17) is 9.84 Å². The van der Waals surface area contributed by atoms with E-state index >= 15 is 0 Å². The number of benzene rings is 1. The minimum Gasteiger partial charge on any atom is -0.497 e. The van der Waals surface area contributed by atoms with Gasteiger partial charge in [-0.1, -0.05) is 0 Å². The second-order valence-electron chi connectivity index (χ2n) is 4.97. The van der Waals surface area contributed by atoms with E-state index in [9.17, 15) is 14.4 Å². The van der Waals surface area contributed by atoms with Gasteiger partial charge in [0.05, 0.1) is 7.11 Å². The van der Waals surface area contributed by atoms with Gasteiger partial charge >= 0.3 is 5.97 Å². The number of carboxylic acids is 1. The summed E-state index contributed by atoms with van der Waals surface area (Å²) in [6.07, 6.45) is 0.326. The highest BCUT2D eigenvalue weighted by Gasteiger charge is 2.13. The SMILES string of the molecule is COc1ccc(C(=O)Nc2nc(C(=O)NCCCC(=O)O)cs2)cc1. The Balaban J connectivity index is 1.88. The van der Waals surface area contributed by atoms with Crippen LogP contribution in [-0.4, -0.2) is 41.5 Å². The number of anilines is 1. The maximum atomic E-state index is 12.1. The van der Waals surface area contributed by atoms with Crippen LogP contribution in [0.4, 0.5) is 5.13 Å². The van der Waals surface area contributed by atoms with Gasteiger partial charge in [0.15, 0.2) is 5.13 Å². The number of rotatable bonds is 8. The van der Waals surface area contributed by atoms with E-state index in [1.54, 1.807) is 31.4 Å². The number of nitrogens with zero attached hydrogens (tertiary/aromatic N) is 1. The lowest BCUT2D eigenvalue weighted by Gasteiger charge is -2.03. The van der Waals surface area contributed by atoms with Crippen LogP contribution in [0.5, 0.6) is 5.75 Å². The molecule has 2 amide bonds. The molecule has 0 radical (unpaired) electrons. The van der Waals surface area contributed by atoms with Crippen molar-refractivity contribution in [2.75, 3.05) is 19.0 Å². The Labute approximate surface area is 147 Å². The highest BCUT2D eigenvalue weighted by Crippen LogP contribution is 2.17.